The summed E-state index contributed by atoms with van der Waals surface area (Å²) in [6, 6.07) is 28.8. The van der Waals surface area contributed by atoms with Crippen molar-refractivity contribution in [2.24, 2.45) is 45.5 Å². The number of amides is 1. The van der Waals surface area contributed by atoms with Crippen LogP contribution in [0.15, 0.2) is 107 Å². The van der Waals surface area contributed by atoms with Crippen molar-refractivity contribution in [1.82, 2.24) is 15.1 Å². The number of ether oxygens (including phenoxy) is 2. The van der Waals surface area contributed by atoms with E-state index in [2.05, 4.69) is 58.7 Å². The van der Waals surface area contributed by atoms with Crippen LogP contribution in [0.2, 0.25) is 10.0 Å². The van der Waals surface area contributed by atoms with Gasteiger partial charge in [0, 0.05) is 57.2 Å². The number of halogens is 3. The second kappa shape index (κ2) is 27.8. The van der Waals surface area contributed by atoms with Crippen molar-refractivity contribution in [2.75, 3.05) is 19.6 Å². The first-order valence-electron chi connectivity index (χ1n) is 29.4. The summed E-state index contributed by atoms with van der Waals surface area (Å²) in [6.07, 6.45) is 12.6. The Morgan fingerprint density at radius 1 is 0.550 bits per heavy atom. The summed E-state index contributed by atoms with van der Waals surface area (Å²) in [5, 5.41) is 4.33. The molecule has 1 amide bonds. The molecule has 14 heteroatoms. The molecule has 4 atom stereocenters. The molecule has 4 fully saturated rings. The summed E-state index contributed by atoms with van der Waals surface area (Å²) in [5.41, 5.74) is 0.0105. The largest absolute Gasteiger partial charge is 0.479 e. The Hall–Kier alpha value is -5.07. The summed E-state index contributed by atoms with van der Waals surface area (Å²) in [4.78, 5) is 64.5. The number of amidine groups is 2. The van der Waals surface area contributed by atoms with Gasteiger partial charge in [0.2, 0.25) is 0 Å². The van der Waals surface area contributed by atoms with E-state index in [0.29, 0.717) is 67.6 Å². The third kappa shape index (κ3) is 17.5. The minimum atomic E-state index is -1.12. The molecule has 0 bridgehead atoms. The fourth-order valence-corrected chi connectivity index (χ4v) is 10.7. The molecule has 0 spiro atoms. The van der Waals surface area contributed by atoms with Gasteiger partial charge in [0.05, 0.1) is 17.9 Å². The minimum absolute atomic E-state index is 0.0207. The molecule has 432 valence electrons. The summed E-state index contributed by atoms with van der Waals surface area (Å²) in [7, 11) is 0. The van der Waals surface area contributed by atoms with Gasteiger partial charge in [-0.1, -0.05) is 57.8 Å². The molecule has 80 heavy (non-hydrogen) atoms. The lowest BCUT2D eigenvalue weighted by Crippen LogP contribution is -2.56. The molecule has 6 aliphatic rings. The van der Waals surface area contributed by atoms with E-state index in [9.17, 15) is 19.2 Å². The molecule has 2 aliphatic heterocycles. The van der Waals surface area contributed by atoms with Gasteiger partial charge < -0.3 is 19.7 Å². The predicted molar refractivity (Wildman–Crippen MR) is 326 cm³/mol. The van der Waals surface area contributed by atoms with Crippen LogP contribution in [0.5, 0.6) is 11.5 Å². The number of carbonyl (C=O) groups excluding carboxylic acids is 4. The second-order valence-corrected chi connectivity index (χ2v) is 25.2. The van der Waals surface area contributed by atoms with Crippen LogP contribution < -0.4 is 14.8 Å². The SMILES string of the molecule is CC(C)(Oc1ccc(C(=O)c2ccc(Cl)cc2)cc1)C(=O)Cl.CC1CC(N(C(=O)C(C)(C)Oc2ccc(C(=O)c3ccc(Cl)cc3)cc2)C(C2CC2)C2CC2)=NC1C.CC1CC(NC(C2CC2)C2CC2)=NC1C.CCN(CC)CC. The monoisotopic (exact) mass is 1150 g/mol. The van der Waals surface area contributed by atoms with E-state index < -0.39 is 16.4 Å². The second-order valence-electron chi connectivity index (χ2n) is 24.0. The maximum Gasteiger partial charge on any atom is 0.271 e. The standard InChI is InChI=1S/C30H35ClN2O3.C17H14Cl2O3.C13H22N2.C6H15N/c1-18-17-26(32-19(18)2)33(27(20-5-6-20)21-7-8-21)29(35)30(3,4)36-25-15-11-23(12-16-25)28(34)22-9-13-24(31)14-10-22;1-17(2,16(19)21)22-14-9-5-12(6-10-14)15(20)11-3-7-13(18)8-4-11;1-8-7-12(14-9(8)2)15-13(10-3-4-10)11-5-6-11;1-4-7(5-2)6-3/h9-16,18-21,27H,5-8,17H2,1-4H3;3-10H,1-2H3;8-11,13H,3-7H2,1-2H3,(H,14,15);4-6H2,1-3H3. The number of hydrogen-bond acceptors (Lipinski definition) is 10. The predicted octanol–water partition coefficient (Wildman–Crippen LogP) is 15.0. The quantitative estimate of drug-likeness (QED) is 0.0726. The number of ketones is 2. The number of hydrogen-bond donors (Lipinski definition) is 1. The van der Waals surface area contributed by atoms with Gasteiger partial charge in [0.15, 0.2) is 22.8 Å². The van der Waals surface area contributed by atoms with Gasteiger partial charge in [-0.2, -0.15) is 0 Å². The summed E-state index contributed by atoms with van der Waals surface area (Å²) < 4.78 is 11.8. The number of rotatable bonds is 19. The van der Waals surface area contributed by atoms with Crippen molar-refractivity contribution in [3.63, 3.8) is 0 Å². The van der Waals surface area contributed by atoms with E-state index in [1.165, 1.54) is 83.3 Å². The first-order chi connectivity index (χ1) is 38.0. The molecule has 4 aromatic carbocycles. The Kier molecular flexibility index (Phi) is 21.7. The van der Waals surface area contributed by atoms with Crippen molar-refractivity contribution in [2.45, 2.75) is 176 Å². The van der Waals surface area contributed by atoms with Gasteiger partial charge in [-0.15, -0.1) is 0 Å². The van der Waals surface area contributed by atoms with Crippen LogP contribution in [0.3, 0.4) is 0 Å². The van der Waals surface area contributed by atoms with Gasteiger partial charge in [-0.25, -0.2) is 0 Å². The molecule has 0 aromatic heterocycles. The van der Waals surface area contributed by atoms with Gasteiger partial charge in [-0.05, 0) is 257 Å². The van der Waals surface area contributed by atoms with Crippen molar-refractivity contribution in [3.8, 4) is 11.5 Å². The van der Waals surface area contributed by atoms with E-state index in [-0.39, 0.29) is 29.6 Å². The van der Waals surface area contributed by atoms with E-state index in [4.69, 9.17) is 54.3 Å². The lowest BCUT2D eigenvalue weighted by molar-refractivity contribution is -0.144. The van der Waals surface area contributed by atoms with Gasteiger partial charge >= 0.3 is 0 Å². The summed E-state index contributed by atoms with van der Waals surface area (Å²) in [6.45, 7) is 25.9. The smallest absolute Gasteiger partial charge is 0.271 e. The van der Waals surface area contributed by atoms with Crippen LogP contribution >= 0.6 is 34.8 Å². The van der Waals surface area contributed by atoms with E-state index in [1.807, 2.05) is 18.7 Å². The molecule has 4 aromatic rings. The first-order valence-corrected chi connectivity index (χ1v) is 30.5. The Bertz CT molecular complexity index is 2750. The van der Waals surface area contributed by atoms with Crippen LogP contribution in [0.4, 0.5) is 0 Å². The van der Waals surface area contributed by atoms with E-state index in [1.54, 1.807) is 111 Å². The fourth-order valence-electron chi connectivity index (χ4n) is 10.4. The number of aliphatic imine (C=N–C) groups is 2. The molecule has 4 unspecified atom stereocenters. The Morgan fingerprint density at radius 3 is 1.23 bits per heavy atom. The van der Waals surface area contributed by atoms with Crippen LogP contribution in [0, 0.1) is 35.5 Å². The molecular weight excluding hydrogens is 1070 g/mol. The maximum absolute atomic E-state index is 14.1. The van der Waals surface area contributed by atoms with Crippen LogP contribution in [-0.4, -0.2) is 99.2 Å². The normalized spacial score (nSPS) is 20.5. The highest BCUT2D eigenvalue weighted by Crippen LogP contribution is 2.49. The summed E-state index contributed by atoms with van der Waals surface area (Å²) >= 11 is 17.2. The minimum Gasteiger partial charge on any atom is -0.479 e. The average Bonchev–Trinajstić information content (AvgIpc) is 4.23. The van der Waals surface area contributed by atoms with Crippen molar-refractivity contribution in [1.29, 1.82) is 0 Å². The van der Waals surface area contributed by atoms with Gasteiger partial charge in [-0.3, -0.25) is 34.1 Å². The topological polar surface area (TPSA) is 130 Å². The number of nitrogens with zero attached hydrogens (tertiary/aromatic N) is 4. The highest BCUT2D eigenvalue weighted by molar-refractivity contribution is 6.65. The Balaban J connectivity index is 0.000000177. The highest BCUT2D eigenvalue weighted by atomic mass is 35.5. The number of nitrogens with one attached hydrogen (secondary N) is 1. The molecule has 10 rings (SSSR count). The van der Waals surface area contributed by atoms with Gasteiger partial charge in [0.1, 0.15) is 17.3 Å². The number of benzene rings is 4. The molecule has 0 radical (unpaired) electrons. The van der Waals surface area contributed by atoms with Crippen molar-refractivity contribution < 1.29 is 28.7 Å². The first kappa shape index (κ1) is 62.5. The lowest BCUT2D eigenvalue weighted by Gasteiger charge is -2.38. The van der Waals surface area contributed by atoms with Crippen LogP contribution in [0.25, 0.3) is 0 Å². The third-order valence-corrected chi connectivity index (χ3v) is 17.5. The zero-order chi connectivity index (χ0) is 58.1. The van der Waals surface area contributed by atoms with Crippen LogP contribution in [-0.2, 0) is 9.59 Å². The van der Waals surface area contributed by atoms with Crippen molar-refractivity contribution >= 4 is 69.2 Å². The highest BCUT2D eigenvalue weighted by Gasteiger charge is 2.51. The molecule has 0 saturated heterocycles. The molecule has 4 saturated carbocycles. The Labute approximate surface area is 492 Å². The summed E-state index contributed by atoms with van der Waals surface area (Å²) in [5.74, 6) is 7.32. The average molecular weight is 1150 g/mol. The molecule has 11 nitrogen and oxygen atoms in total. The van der Waals surface area contributed by atoms with E-state index >= 15 is 0 Å². The van der Waals surface area contributed by atoms with E-state index in [0.717, 1.165) is 36.1 Å². The lowest BCUT2D eigenvalue weighted by atomic mass is 9.98. The fraction of sp³-hybridized carbons (Fsp3) is 0.545. The maximum atomic E-state index is 14.1. The number of carbonyl (C=O) groups is 4. The Morgan fingerprint density at radius 2 is 0.912 bits per heavy atom. The van der Waals surface area contributed by atoms with Gasteiger partial charge in [0.25, 0.3) is 11.1 Å². The molecule has 4 aliphatic carbocycles. The van der Waals surface area contributed by atoms with Crippen molar-refractivity contribution in [3.05, 3.63) is 129 Å². The molecule has 1 N–H and O–H groups in total. The molecule has 2 heterocycles. The zero-order valence-corrected chi connectivity index (χ0v) is 51.3. The molecular formula is C66H86Cl3N5O6. The third-order valence-electron chi connectivity index (χ3n) is 16.5. The van der Waals surface area contributed by atoms with Crippen LogP contribution in [0.1, 0.15) is 172 Å². The zero-order valence-electron chi connectivity index (χ0n) is 49.1.